The van der Waals surface area contributed by atoms with E-state index < -0.39 is 0 Å². The van der Waals surface area contributed by atoms with Gasteiger partial charge in [0, 0.05) is 11.4 Å². The number of hydrogen-bond acceptors (Lipinski definition) is 1. The van der Waals surface area contributed by atoms with Crippen LogP contribution in [0.3, 0.4) is 0 Å². The molecule has 1 nitrogen and oxygen atoms in total. The summed E-state index contributed by atoms with van der Waals surface area (Å²) in [5.74, 6) is 0. The molecule has 0 aliphatic heterocycles. The fourth-order valence-electron chi connectivity index (χ4n) is 1.63. The Bertz CT molecular complexity index is 440. The van der Waals surface area contributed by atoms with Crippen LogP contribution in [0, 0.1) is 6.92 Å². The van der Waals surface area contributed by atoms with Crippen molar-refractivity contribution in [3.8, 4) is 0 Å². The lowest BCUT2D eigenvalue weighted by Crippen LogP contribution is -1.90. The molecule has 0 aromatic heterocycles. The third-order valence-electron chi connectivity index (χ3n) is 2.70. The van der Waals surface area contributed by atoms with Gasteiger partial charge in [-0.05, 0) is 43.2 Å². The number of benzene rings is 2. The maximum Gasteiger partial charge on any atom is 0.0384 e. The molecule has 18 heavy (non-hydrogen) atoms. The van der Waals surface area contributed by atoms with E-state index in [-0.39, 0.29) is 0 Å². The molecule has 0 unspecified atom stereocenters. The lowest BCUT2D eigenvalue weighted by molar-refractivity contribution is 1.14. The molecule has 0 spiro atoms. The van der Waals surface area contributed by atoms with E-state index in [9.17, 15) is 0 Å². The first-order chi connectivity index (χ1) is 8.78. The fraction of sp³-hybridized carbons (Fsp3) is 0.294. The number of nitrogens with one attached hydrogen (secondary N) is 1. The van der Waals surface area contributed by atoms with Gasteiger partial charge in [-0.25, -0.2) is 0 Å². The van der Waals surface area contributed by atoms with Crippen LogP contribution in [0.5, 0.6) is 0 Å². The first kappa shape index (κ1) is 14.3. The van der Waals surface area contributed by atoms with Gasteiger partial charge in [0.2, 0.25) is 0 Å². The van der Waals surface area contributed by atoms with Crippen LogP contribution in [0.2, 0.25) is 0 Å². The second-order valence-electron chi connectivity index (χ2n) is 4.04. The van der Waals surface area contributed by atoms with Crippen LogP contribution in [0.15, 0.2) is 48.5 Å². The standard InChI is InChI=1S/C15H17N.C2H6/c1-3-13-6-10-15(11-7-13)16-14-8-4-12(2)5-9-14;1-2/h4-11,16H,3H2,1-2H3;1-2H3. The Hall–Kier alpha value is -1.76. The zero-order chi connectivity index (χ0) is 13.4. The highest BCUT2D eigenvalue weighted by molar-refractivity contribution is 5.59. The van der Waals surface area contributed by atoms with Gasteiger partial charge < -0.3 is 5.32 Å². The highest BCUT2D eigenvalue weighted by Gasteiger charge is 1.94. The number of aryl methyl sites for hydroxylation is 2. The van der Waals surface area contributed by atoms with Crippen molar-refractivity contribution >= 4 is 11.4 Å². The Balaban J connectivity index is 0.000000771. The summed E-state index contributed by atoms with van der Waals surface area (Å²) in [5, 5.41) is 3.38. The van der Waals surface area contributed by atoms with Crippen molar-refractivity contribution in [2.45, 2.75) is 34.1 Å². The summed E-state index contributed by atoms with van der Waals surface area (Å²) in [6, 6.07) is 17.0. The van der Waals surface area contributed by atoms with Crippen molar-refractivity contribution in [2.75, 3.05) is 5.32 Å². The molecular weight excluding hydrogens is 218 g/mol. The van der Waals surface area contributed by atoms with Gasteiger partial charge in [-0.1, -0.05) is 50.6 Å². The smallest absolute Gasteiger partial charge is 0.0384 e. The van der Waals surface area contributed by atoms with Crippen LogP contribution < -0.4 is 5.32 Å². The molecule has 2 aromatic rings. The summed E-state index contributed by atoms with van der Waals surface area (Å²) in [5.41, 5.74) is 4.93. The van der Waals surface area contributed by atoms with Crippen LogP contribution in [0.1, 0.15) is 31.9 Å². The second kappa shape index (κ2) is 7.54. The van der Waals surface area contributed by atoms with Crippen molar-refractivity contribution in [2.24, 2.45) is 0 Å². The molecule has 0 bridgehead atoms. The molecule has 1 N–H and O–H groups in total. The third-order valence-corrected chi connectivity index (χ3v) is 2.70. The van der Waals surface area contributed by atoms with Crippen LogP contribution >= 0.6 is 0 Å². The molecule has 0 fully saturated rings. The zero-order valence-electron chi connectivity index (χ0n) is 11.8. The Labute approximate surface area is 111 Å². The minimum absolute atomic E-state index is 1.09. The minimum atomic E-state index is 1.09. The normalized spacial score (nSPS) is 9.33. The molecule has 0 saturated carbocycles. The summed E-state index contributed by atoms with van der Waals surface area (Å²) in [4.78, 5) is 0. The summed E-state index contributed by atoms with van der Waals surface area (Å²) < 4.78 is 0. The maximum atomic E-state index is 3.38. The van der Waals surface area contributed by atoms with Crippen molar-refractivity contribution < 1.29 is 0 Å². The van der Waals surface area contributed by atoms with E-state index in [1.165, 1.54) is 11.1 Å². The van der Waals surface area contributed by atoms with Gasteiger partial charge in [0.1, 0.15) is 0 Å². The van der Waals surface area contributed by atoms with Crippen molar-refractivity contribution in [1.82, 2.24) is 0 Å². The van der Waals surface area contributed by atoms with Crippen molar-refractivity contribution in [3.63, 3.8) is 0 Å². The monoisotopic (exact) mass is 241 g/mol. The molecule has 0 heterocycles. The first-order valence-corrected chi connectivity index (χ1v) is 6.70. The van der Waals surface area contributed by atoms with E-state index in [1.54, 1.807) is 0 Å². The Kier molecular flexibility index (Phi) is 5.99. The predicted molar refractivity (Wildman–Crippen MR) is 81.6 cm³/mol. The van der Waals surface area contributed by atoms with E-state index in [4.69, 9.17) is 0 Å². The summed E-state index contributed by atoms with van der Waals surface area (Å²) in [6.45, 7) is 8.27. The third kappa shape index (κ3) is 4.25. The van der Waals surface area contributed by atoms with Gasteiger partial charge >= 0.3 is 0 Å². The number of anilines is 2. The van der Waals surface area contributed by atoms with Crippen LogP contribution in [0.25, 0.3) is 0 Å². The molecule has 0 aliphatic rings. The Morgan fingerprint density at radius 3 is 1.67 bits per heavy atom. The van der Waals surface area contributed by atoms with Crippen molar-refractivity contribution in [3.05, 3.63) is 59.7 Å². The molecule has 2 rings (SSSR count). The quantitative estimate of drug-likeness (QED) is 0.766. The first-order valence-electron chi connectivity index (χ1n) is 6.70. The lowest BCUT2D eigenvalue weighted by Gasteiger charge is -2.07. The van der Waals surface area contributed by atoms with Gasteiger partial charge in [-0.15, -0.1) is 0 Å². The van der Waals surface area contributed by atoms with E-state index in [0.29, 0.717) is 0 Å². The topological polar surface area (TPSA) is 12.0 Å². The number of rotatable bonds is 3. The summed E-state index contributed by atoms with van der Waals surface area (Å²) in [6.07, 6.45) is 1.09. The van der Waals surface area contributed by atoms with Gasteiger partial charge in [0.15, 0.2) is 0 Å². The van der Waals surface area contributed by atoms with Gasteiger partial charge in [-0.3, -0.25) is 0 Å². The highest BCUT2D eigenvalue weighted by Crippen LogP contribution is 2.17. The Morgan fingerprint density at radius 2 is 1.22 bits per heavy atom. The van der Waals surface area contributed by atoms with E-state index in [0.717, 1.165) is 17.8 Å². The molecule has 0 aliphatic carbocycles. The molecule has 2 aromatic carbocycles. The van der Waals surface area contributed by atoms with Gasteiger partial charge in [0.25, 0.3) is 0 Å². The minimum Gasteiger partial charge on any atom is -0.356 e. The van der Waals surface area contributed by atoms with Crippen LogP contribution in [-0.4, -0.2) is 0 Å². The fourth-order valence-corrected chi connectivity index (χ4v) is 1.63. The molecule has 0 amide bonds. The molecule has 1 heteroatoms. The van der Waals surface area contributed by atoms with Crippen LogP contribution in [0.4, 0.5) is 11.4 Å². The Morgan fingerprint density at radius 1 is 0.778 bits per heavy atom. The maximum absolute atomic E-state index is 3.38. The molecule has 0 atom stereocenters. The highest BCUT2D eigenvalue weighted by atomic mass is 14.9. The average molecular weight is 241 g/mol. The van der Waals surface area contributed by atoms with E-state index in [2.05, 4.69) is 67.7 Å². The summed E-state index contributed by atoms with van der Waals surface area (Å²) >= 11 is 0. The number of hydrogen-bond donors (Lipinski definition) is 1. The molecule has 0 saturated heterocycles. The van der Waals surface area contributed by atoms with Crippen LogP contribution in [-0.2, 0) is 6.42 Å². The van der Waals surface area contributed by atoms with Gasteiger partial charge in [-0.2, -0.15) is 0 Å². The molecule has 96 valence electrons. The average Bonchev–Trinajstić information content (AvgIpc) is 2.44. The zero-order valence-corrected chi connectivity index (χ0v) is 11.8. The lowest BCUT2D eigenvalue weighted by atomic mass is 10.1. The van der Waals surface area contributed by atoms with Crippen molar-refractivity contribution in [1.29, 1.82) is 0 Å². The second-order valence-corrected chi connectivity index (χ2v) is 4.04. The summed E-state index contributed by atoms with van der Waals surface area (Å²) in [7, 11) is 0. The molecular formula is C17H23N. The predicted octanol–water partition coefficient (Wildman–Crippen LogP) is 5.33. The van der Waals surface area contributed by atoms with Gasteiger partial charge in [0.05, 0.1) is 0 Å². The molecule has 0 radical (unpaired) electrons. The largest absolute Gasteiger partial charge is 0.356 e. The SMILES string of the molecule is CC.CCc1ccc(Nc2ccc(C)cc2)cc1. The van der Waals surface area contributed by atoms with E-state index >= 15 is 0 Å². The van der Waals surface area contributed by atoms with E-state index in [1.807, 2.05) is 13.8 Å².